The highest BCUT2D eigenvalue weighted by molar-refractivity contribution is 5.92. The van der Waals surface area contributed by atoms with E-state index >= 15 is 0 Å². The van der Waals surface area contributed by atoms with Crippen LogP contribution in [-0.2, 0) is 22.6 Å². The molecular weight excluding hydrogens is 480 g/mol. The summed E-state index contributed by atoms with van der Waals surface area (Å²) in [6.45, 7) is 5.23. The van der Waals surface area contributed by atoms with Crippen molar-refractivity contribution in [3.8, 4) is 0 Å². The van der Waals surface area contributed by atoms with Gasteiger partial charge in [-0.3, -0.25) is 14.5 Å². The van der Waals surface area contributed by atoms with Crippen LogP contribution in [0.2, 0.25) is 0 Å². The lowest BCUT2D eigenvalue weighted by Gasteiger charge is -2.31. The van der Waals surface area contributed by atoms with Gasteiger partial charge >= 0.3 is 5.97 Å². The minimum absolute atomic E-state index is 0.149. The van der Waals surface area contributed by atoms with E-state index in [1.54, 1.807) is 11.8 Å². The smallest absolute Gasteiger partial charge is 0.310 e. The summed E-state index contributed by atoms with van der Waals surface area (Å²) in [6.07, 6.45) is 2.69. The van der Waals surface area contributed by atoms with Crippen LogP contribution in [0.15, 0.2) is 59.2 Å². The van der Waals surface area contributed by atoms with Crippen LogP contribution in [0.4, 0.5) is 8.78 Å². The second-order valence-corrected chi connectivity index (χ2v) is 9.20. The minimum Gasteiger partial charge on any atom is -0.466 e. The Kier molecular flexibility index (Phi) is 8.66. The first-order chi connectivity index (χ1) is 17.9. The summed E-state index contributed by atoms with van der Waals surface area (Å²) < 4.78 is 38.7. The number of oxazole rings is 1. The first kappa shape index (κ1) is 26.5. The fraction of sp³-hybridized carbons (Fsp3) is 0.393. The van der Waals surface area contributed by atoms with Gasteiger partial charge in [0.15, 0.2) is 5.69 Å². The number of hydrogen-bond donors (Lipinski definition) is 0. The molecule has 1 fully saturated rings. The van der Waals surface area contributed by atoms with E-state index in [9.17, 15) is 18.4 Å². The Bertz CT molecular complexity index is 1220. The molecule has 2 aromatic carbocycles. The third-order valence-electron chi connectivity index (χ3n) is 6.66. The predicted molar refractivity (Wildman–Crippen MR) is 132 cm³/mol. The SMILES string of the molecule is CCOC(=O)[C@H]1CCCN(C(=O)c2coc(CN(Cc3ccc(F)cc3F)[C@H](C)c3ccccc3)n2)C1. The van der Waals surface area contributed by atoms with Crippen LogP contribution in [0.5, 0.6) is 0 Å². The molecule has 7 nitrogen and oxygen atoms in total. The van der Waals surface area contributed by atoms with Crippen LogP contribution >= 0.6 is 0 Å². The fourth-order valence-electron chi connectivity index (χ4n) is 4.57. The van der Waals surface area contributed by atoms with Gasteiger partial charge in [0.1, 0.15) is 17.9 Å². The predicted octanol–water partition coefficient (Wildman–Crippen LogP) is 5.13. The minimum atomic E-state index is -0.636. The lowest BCUT2D eigenvalue weighted by molar-refractivity contribution is -0.149. The summed E-state index contributed by atoms with van der Waals surface area (Å²) in [5.74, 6) is -1.92. The van der Waals surface area contributed by atoms with E-state index in [1.165, 1.54) is 18.4 Å². The van der Waals surface area contributed by atoms with Crippen molar-refractivity contribution in [2.45, 2.75) is 45.8 Å². The molecule has 4 rings (SSSR count). The molecule has 3 aromatic rings. The molecule has 37 heavy (non-hydrogen) atoms. The Morgan fingerprint density at radius 1 is 1.19 bits per heavy atom. The molecule has 9 heteroatoms. The van der Waals surface area contributed by atoms with Crippen molar-refractivity contribution in [1.82, 2.24) is 14.8 Å². The Balaban J connectivity index is 1.50. The number of piperidine rings is 1. The number of likely N-dealkylation sites (tertiary alicyclic amines) is 1. The van der Waals surface area contributed by atoms with E-state index in [0.29, 0.717) is 37.4 Å². The van der Waals surface area contributed by atoms with Crippen molar-refractivity contribution < 1.29 is 27.5 Å². The van der Waals surface area contributed by atoms with E-state index in [0.717, 1.165) is 11.6 Å². The second kappa shape index (κ2) is 12.1. The zero-order chi connectivity index (χ0) is 26.4. The van der Waals surface area contributed by atoms with Crippen molar-refractivity contribution in [1.29, 1.82) is 0 Å². The average Bonchev–Trinajstić information content (AvgIpc) is 3.38. The van der Waals surface area contributed by atoms with Crippen LogP contribution in [0.1, 0.15) is 60.2 Å². The quantitative estimate of drug-likeness (QED) is 0.371. The van der Waals surface area contributed by atoms with Gasteiger partial charge in [0.2, 0.25) is 5.89 Å². The van der Waals surface area contributed by atoms with E-state index in [1.807, 2.05) is 42.2 Å². The number of benzene rings is 2. The molecule has 0 bridgehead atoms. The molecule has 2 heterocycles. The Morgan fingerprint density at radius 3 is 2.70 bits per heavy atom. The number of carbonyl (C=O) groups excluding carboxylic acids is 2. The summed E-state index contributed by atoms with van der Waals surface area (Å²) >= 11 is 0. The van der Waals surface area contributed by atoms with Crippen LogP contribution in [-0.4, -0.2) is 46.4 Å². The molecule has 1 saturated heterocycles. The summed E-state index contributed by atoms with van der Waals surface area (Å²) in [5, 5.41) is 0. The van der Waals surface area contributed by atoms with Gasteiger partial charge in [-0.2, -0.15) is 0 Å². The number of esters is 1. The van der Waals surface area contributed by atoms with Crippen LogP contribution in [0.25, 0.3) is 0 Å². The standard InChI is InChI=1S/C28H31F2N3O4/c1-3-36-28(35)22-10-7-13-32(16-22)27(34)25-18-37-26(31-25)17-33(19(2)20-8-5-4-6-9-20)15-21-11-12-23(29)14-24(21)30/h4-6,8-9,11-12,14,18-19,22H,3,7,10,13,15-17H2,1-2H3/t19-,22+/m1/s1. The lowest BCUT2D eigenvalue weighted by atomic mass is 9.98. The van der Waals surface area contributed by atoms with Gasteiger partial charge in [-0.25, -0.2) is 13.8 Å². The third-order valence-corrected chi connectivity index (χ3v) is 6.66. The van der Waals surface area contributed by atoms with E-state index < -0.39 is 11.6 Å². The van der Waals surface area contributed by atoms with E-state index in [4.69, 9.17) is 9.15 Å². The van der Waals surface area contributed by atoms with Crippen molar-refractivity contribution in [2.75, 3.05) is 19.7 Å². The van der Waals surface area contributed by atoms with Crippen molar-refractivity contribution >= 4 is 11.9 Å². The molecule has 1 aromatic heterocycles. The average molecular weight is 512 g/mol. The van der Waals surface area contributed by atoms with Crippen molar-refractivity contribution in [2.24, 2.45) is 5.92 Å². The highest BCUT2D eigenvalue weighted by Crippen LogP contribution is 2.26. The Labute approximate surface area is 215 Å². The molecule has 0 aliphatic carbocycles. The maximum atomic E-state index is 14.5. The molecule has 0 spiro atoms. The normalized spacial score (nSPS) is 16.6. The molecule has 0 unspecified atom stereocenters. The number of aromatic nitrogens is 1. The maximum Gasteiger partial charge on any atom is 0.310 e. The fourth-order valence-corrected chi connectivity index (χ4v) is 4.57. The lowest BCUT2D eigenvalue weighted by Crippen LogP contribution is -2.43. The topological polar surface area (TPSA) is 75.9 Å². The number of rotatable bonds is 9. The molecule has 1 aliphatic rings. The molecule has 1 amide bonds. The van der Waals surface area contributed by atoms with Crippen LogP contribution in [0, 0.1) is 17.6 Å². The number of halogens is 2. The van der Waals surface area contributed by atoms with Gasteiger partial charge in [0, 0.05) is 37.3 Å². The van der Waals surface area contributed by atoms with Crippen LogP contribution in [0.3, 0.4) is 0 Å². The number of hydrogen-bond acceptors (Lipinski definition) is 6. The first-order valence-corrected chi connectivity index (χ1v) is 12.5. The van der Waals surface area contributed by atoms with Gasteiger partial charge in [-0.05, 0) is 38.3 Å². The summed E-state index contributed by atoms with van der Waals surface area (Å²) in [6, 6.07) is 13.1. The van der Waals surface area contributed by atoms with Gasteiger partial charge in [0.05, 0.1) is 19.1 Å². The summed E-state index contributed by atoms with van der Waals surface area (Å²) in [5.41, 5.74) is 1.50. The van der Waals surface area contributed by atoms with E-state index in [-0.39, 0.29) is 49.2 Å². The summed E-state index contributed by atoms with van der Waals surface area (Å²) in [4.78, 5) is 33.2. The van der Waals surface area contributed by atoms with Crippen molar-refractivity contribution in [3.63, 3.8) is 0 Å². The Morgan fingerprint density at radius 2 is 1.97 bits per heavy atom. The van der Waals surface area contributed by atoms with Crippen molar-refractivity contribution in [3.05, 3.63) is 89.1 Å². The molecule has 0 radical (unpaired) electrons. The highest BCUT2D eigenvalue weighted by atomic mass is 19.1. The van der Waals surface area contributed by atoms with Gasteiger partial charge in [-0.15, -0.1) is 0 Å². The number of ether oxygens (including phenoxy) is 1. The number of carbonyl (C=O) groups is 2. The summed E-state index contributed by atoms with van der Waals surface area (Å²) in [7, 11) is 0. The second-order valence-electron chi connectivity index (χ2n) is 9.20. The largest absolute Gasteiger partial charge is 0.466 e. The van der Waals surface area contributed by atoms with E-state index in [2.05, 4.69) is 4.98 Å². The number of nitrogens with zero attached hydrogens (tertiary/aromatic N) is 3. The molecule has 2 atom stereocenters. The Hall–Kier alpha value is -3.59. The van der Waals surface area contributed by atoms with Crippen LogP contribution < -0.4 is 0 Å². The first-order valence-electron chi connectivity index (χ1n) is 12.5. The maximum absolute atomic E-state index is 14.5. The van der Waals surface area contributed by atoms with Gasteiger partial charge < -0.3 is 14.1 Å². The molecule has 196 valence electrons. The monoisotopic (exact) mass is 511 g/mol. The van der Waals surface area contributed by atoms with Gasteiger partial charge in [-0.1, -0.05) is 36.4 Å². The number of amides is 1. The molecule has 1 aliphatic heterocycles. The highest BCUT2D eigenvalue weighted by Gasteiger charge is 2.31. The zero-order valence-electron chi connectivity index (χ0n) is 21.0. The third kappa shape index (κ3) is 6.60. The molecule has 0 N–H and O–H groups in total. The van der Waals surface area contributed by atoms with Gasteiger partial charge in [0.25, 0.3) is 5.91 Å². The zero-order valence-corrected chi connectivity index (χ0v) is 21.0. The molecule has 0 saturated carbocycles. The molecular formula is C28H31F2N3O4.